The second-order valence-corrected chi connectivity index (χ2v) is 7.18. The first kappa shape index (κ1) is 17.0. The van der Waals surface area contributed by atoms with E-state index in [9.17, 15) is 9.59 Å². The van der Waals surface area contributed by atoms with Crippen molar-refractivity contribution in [1.29, 1.82) is 0 Å². The van der Waals surface area contributed by atoms with Crippen molar-refractivity contribution in [2.24, 2.45) is 0 Å². The van der Waals surface area contributed by atoms with Gasteiger partial charge in [-0.05, 0) is 30.3 Å². The molecule has 1 heterocycles. The van der Waals surface area contributed by atoms with Gasteiger partial charge in [-0.1, -0.05) is 35.3 Å². The number of anilines is 2. The highest BCUT2D eigenvalue weighted by Gasteiger charge is 2.28. The number of hydrogen-bond acceptors (Lipinski definition) is 4. The lowest BCUT2D eigenvalue weighted by molar-refractivity contribution is -0.123. The number of hydrogen-bond donors (Lipinski definition) is 3. The number of halogens is 2. The van der Waals surface area contributed by atoms with Crippen molar-refractivity contribution in [1.82, 2.24) is 5.43 Å². The Labute approximate surface area is 153 Å². The van der Waals surface area contributed by atoms with Crippen molar-refractivity contribution < 1.29 is 9.59 Å². The summed E-state index contributed by atoms with van der Waals surface area (Å²) in [5, 5.41) is 3.22. The van der Waals surface area contributed by atoms with E-state index in [1.165, 1.54) is 11.8 Å². The van der Waals surface area contributed by atoms with Gasteiger partial charge < -0.3 is 5.32 Å². The fourth-order valence-electron chi connectivity index (χ4n) is 2.17. The van der Waals surface area contributed by atoms with Crippen LogP contribution in [-0.2, 0) is 9.59 Å². The van der Waals surface area contributed by atoms with Gasteiger partial charge in [0.25, 0.3) is 0 Å². The SMILES string of the molecule is O=C(C[C@H]1Sc2ccccc2NC1=O)NNc1ccc(Cl)cc1Cl. The van der Waals surface area contributed by atoms with Crippen LogP contribution in [0.25, 0.3) is 0 Å². The minimum absolute atomic E-state index is 0.0447. The third-order valence-corrected chi connectivity index (χ3v) is 5.17. The van der Waals surface area contributed by atoms with E-state index in [1.807, 2.05) is 24.3 Å². The standard InChI is InChI=1S/C16H13Cl2N3O2S/c17-9-5-6-11(10(18)7-9)20-21-15(22)8-14-16(23)19-12-3-1-2-4-13(12)24-14/h1-7,14,20H,8H2,(H,19,23)(H,21,22)/t14-/m1/s1. The van der Waals surface area contributed by atoms with Gasteiger partial charge in [0.15, 0.2) is 0 Å². The predicted octanol–water partition coefficient (Wildman–Crippen LogP) is 3.94. The van der Waals surface area contributed by atoms with Crippen molar-refractivity contribution in [2.75, 3.05) is 10.7 Å². The summed E-state index contributed by atoms with van der Waals surface area (Å²) in [6, 6.07) is 12.4. The van der Waals surface area contributed by atoms with Gasteiger partial charge >= 0.3 is 0 Å². The Morgan fingerprint density at radius 2 is 2.00 bits per heavy atom. The Kier molecular flexibility index (Phi) is 5.18. The van der Waals surface area contributed by atoms with Crippen molar-refractivity contribution in [2.45, 2.75) is 16.6 Å². The Morgan fingerprint density at radius 1 is 1.21 bits per heavy atom. The molecule has 0 fully saturated rings. The minimum Gasteiger partial charge on any atom is -0.324 e. The molecule has 0 bridgehead atoms. The van der Waals surface area contributed by atoms with Crippen LogP contribution >= 0.6 is 35.0 Å². The predicted molar refractivity (Wildman–Crippen MR) is 97.6 cm³/mol. The summed E-state index contributed by atoms with van der Waals surface area (Å²) in [6.45, 7) is 0. The molecule has 0 spiro atoms. The number of nitrogens with one attached hydrogen (secondary N) is 3. The third-order valence-electron chi connectivity index (χ3n) is 3.35. The van der Waals surface area contributed by atoms with Crippen LogP contribution in [0.15, 0.2) is 47.4 Å². The van der Waals surface area contributed by atoms with Crippen molar-refractivity contribution in [3.8, 4) is 0 Å². The first-order valence-electron chi connectivity index (χ1n) is 7.09. The summed E-state index contributed by atoms with van der Waals surface area (Å²) in [5.41, 5.74) is 6.58. The number of benzene rings is 2. The zero-order valence-electron chi connectivity index (χ0n) is 12.3. The van der Waals surface area contributed by atoms with Gasteiger partial charge in [-0.2, -0.15) is 0 Å². The first-order chi connectivity index (χ1) is 11.5. The smallest absolute Gasteiger partial charge is 0.239 e. The van der Waals surface area contributed by atoms with Gasteiger partial charge in [-0.25, -0.2) is 0 Å². The fraction of sp³-hybridized carbons (Fsp3) is 0.125. The molecule has 124 valence electrons. The van der Waals surface area contributed by atoms with E-state index in [0.717, 1.165) is 10.6 Å². The molecule has 24 heavy (non-hydrogen) atoms. The number of para-hydroxylation sites is 1. The summed E-state index contributed by atoms with van der Waals surface area (Å²) in [6.07, 6.45) is 0.0447. The number of rotatable bonds is 4. The molecule has 2 aromatic rings. The number of fused-ring (bicyclic) bond motifs is 1. The average molecular weight is 382 g/mol. The topological polar surface area (TPSA) is 70.2 Å². The molecule has 5 nitrogen and oxygen atoms in total. The molecule has 1 aliphatic rings. The Morgan fingerprint density at radius 3 is 2.79 bits per heavy atom. The summed E-state index contributed by atoms with van der Waals surface area (Å²) < 4.78 is 0. The molecule has 3 rings (SSSR count). The largest absolute Gasteiger partial charge is 0.324 e. The zero-order chi connectivity index (χ0) is 17.1. The number of carbonyl (C=O) groups excluding carboxylic acids is 2. The number of thioether (sulfide) groups is 1. The zero-order valence-corrected chi connectivity index (χ0v) is 14.6. The molecule has 8 heteroatoms. The first-order valence-corrected chi connectivity index (χ1v) is 8.73. The van der Waals surface area contributed by atoms with E-state index < -0.39 is 5.25 Å². The van der Waals surface area contributed by atoms with Crippen LogP contribution in [0.2, 0.25) is 10.0 Å². The Hall–Kier alpha value is -1.89. The molecule has 0 saturated heterocycles. The molecule has 1 atom stereocenters. The van der Waals surface area contributed by atoms with Crippen LogP contribution in [0.1, 0.15) is 6.42 Å². The summed E-state index contributed by atoms with van der Waals surface area (Å²) in [7, 11) is 0. The normalized spacial score (nSPS) is 16.1. The maximum Gasteiger partial charge on any atom is 0.239 e. The Balaban J connectivity index is 1.58. The van der Waals surface area contributed by atoms with Crippen LogP contribution in [0.3, 0.4) is 0 Å². The molecule has 3 N–H and O–H groups in total. The molecular weight excluding hydrogens is 369 g/mol. The van der Waals surface area contributed by atoms with E-state index in [0.29, 0.717) is 15.7 Å². The molecule has 0 unspecified atom stereocenters. The molecular formula is C16H13Cl2N3O2S. The summed E-state index contributed by atoms with van der Waals surface area (Å²) in [5.74, 6) is -0.494. The van der Waals surface area contributed by atoms with E-state index in [-0.39, 0.29) is 18.2 Å². The van der Waals surface area contributed by atoms with Gasteiger partial charge in [0, 0.05) is 16.3 Å². The average Bonchev–Trinajstić information content (AvgIpc) is 2.55. The van der Waals surface area contributed by atoms with Gasteiger partial charge in [-0.3, -0.25) is 20.4 Å². The fourth-order valence-corrected chi connectivity index (χ4v) is 3.74. The van der Waals surface area contributed by atoms with E-state index in [1.54, 1.807) is 18.2 Å². The lowest BCUT2D eigenvalue weighted by Crippen LogP contribution is -2.37. The highest BCUT2D eigenvalue weighted by molar-refractivity contribution is 8.01. The maximum absolute atomic E-state index is 12.1. The summed E-state index contributed by atoms with van der Waals surface area (Å²) >= 11 is 13.2. The number of carbonyl (C=O) groups is 2. The van der Waals surface area contributed by atoms with Crippen molar-refractivity contribution in [3.05, 3.63) is 52.5 Å². The van der Waals surface area contributed by atoms with Crippen LogP contribution in [0.5, 0.6) is 0 Å². The minimum atomic E-state index is -0.484. The van der Waals surface area contributed by atoms with E-state index in [4.69, 9.17) is 23.2 Å². The lowest BCUT2D eigenvalue weighted by Gasteiger charge is -2.23. The summed E-state index contributed by atoms with van der Waals surface area (Å²) in [4.78, 5) is 25.1. The molecule has 2 aromatic carbocycles. The molecule has 0 aromatic heterocycles. The molecule has 0 radical (unpaired) electrons. The molecule has 1 aliphatic heterocycles. The molecule has 0 saturated carbocycles. The molecule has 2 amide bonds. The highest BCUT2D eigenvalue weighted by atomic mass is 35.5. The lowest BCUT2D eigenvalue weighted by atomic mass is 10.2. The highest BCUT2D eigenvalue weighted by Crippen LogP contribution is 2.36. The Bertz CT molecular complexity index is 801. The van der Waals surface area contributed by atoms with Crippen molar-refractivity contribution >= 4 is 58.2 Å². The van der Waals surface area contributed by atoms with E-state index >= 15 is 0 Å². The van der Waals surface area contributed by atoms with Crippen LogP contribution in [0, 0.1) is 0 Å². The third kappa shape index (κ3) is 3.95. The van der Waals surface area contributed by atoms with Crippen LogP contribution in [0.4, 0.5) is 11.4 Å². The van der Waals surface area contributed by atoms with Gasteiger partial charge in [0.05, 0.1) is 21.6 Å². The monoisotopic (exact) mass is 381 g/mol. The second-order valence-electron chi connectivity index (χ2n) is 5.09. The second kappa shape index (κ2) is 7.34. The van der Waals surface area contributed by atoms with Gasteiger partial charge in [-0.15, -0.1) is 11.8 Å². The number of hydrazine groups is 1. The van der Waals surface area contributed by atoms with Gasteiger partial charge in [0.1, 0.15) is 0 Å². The number of amides is 2. The van der Waals surface area contributed by atoms with E-state index in [2.05, 4.69) is 16.2 Å². The van der Waals surface area contributed by atoms with Crippen molar-refractivity contribution in [3.63, 3.8) is 0 Å². The van der Waals surface area contributed by atoms with Crippen LogP contribution < -0.4 is 16.2 Å². The van der Waals surface area contributed by atoms with Gasteiger partial charge in [0.2, 0.25) is 11.8 Å². The van der Waals surface area contributed by atoms with Crippen LogP contribution in [-0.4, -0.2) is 17.1 Å². The maximum atomic E-state index is 12.1. The quantitative estimate of drug-likeness (QED) is 0.701. The molecule has 0 aliphatic carbocycles.